The number of rotatable bonds is 6. The van der Waals surface area contributed by atoms with Crippen LogP contribution in [-0.2, 0) is 16.4 Å². The molecule has 1 aliphatic heterocycles. The minimum absolute atomic E-state index is 0.305. The lowest BCUT2D eigenvalue weighted by Crippen LogP contribution is -2.44. The fourth-order valence-corrected chi connectivity index (χ4v) is 4.10. The maximum absolute atomic E-state index is 11.6. The third-order valence-electron chi connectivity index (χ3n) is 5.23. The normalized spacial score (nSPS) is 14.5. The molecule has 3 aromatic rings. The highest BCUT2D eigenvalue weighted by Gasteiger charge is 2.15. The van der Waals surface area contributed by atoms with Gasteiger partial charge in [0.05, 0.1) is 4.90 Å². The van der Waals surface area contributed by atoms with Crippen LogP contribution in [-0.4, -0.2) is 50.8 Å². The summed E-state index contributed by atoms with van der Waals surface area (Å²) >= 11 is 0. The number of hydrogen-bond acceptors (Lipinski definition) is 7. The Labute approximate surface area is 183 Å². The molecule has 162 valence electrons. The average Bonchev–Trinajstić information content (AvgIpc) is 2.79. The monoisotopic (exact) mass is 438 g/mol. The van der Waals surface area contributed by atoms with E-state index in [0.717, 1.165) is 54.4 Å². The first-order valence-electron chi connectivity index (χ1n) is 10.2. The summed E-state index contributed by atoms with van der Waals surface area (Å²) in [7, 11) is -3.19. The zero-order valence-electron chi connectivity index (χ0n) is 17.7. The molecule has 1 saturated heterocycles. The van der Waals surface area contributed by atoms with E-state index < -0.39 is 9.84 Å². The van der Waals surface area contributed by atoms with Gasteiger partial charge in [-0.05, 0) is 48.9 Å². The molecule has 0 unspecified atom stereocenters. The largest absolute Gasteiger partial charge is 0.489 e. The fourth-order valence-electron chi connectivity index (χ4n) is 3.47. The SMILES string of the molecule is Cc1cnc(-c2ccc(OCc3ccc(S(C)(=O)=O)cc3)cc2)nc1N1CCNCC1. The van der Waals surface area contributed by atoms with E-state index in [1.165, 1.54) is 6.26 Å². The van der Waals surface area contributed by atoms with E-state index >= 15 is 0 Å². The van der Waals surface area contributed by atoms with Crippen LogP contribution in [0.5, 0.6) is 5.75 Å². The van der Waals surface area contributed by atoms with Crippen molar-refractivity contribution in [1.82, 2.24) is 15.3 Å². The van der Waals surface area contributed by atoms with Gasteiger partial charge in [0.2, 0.25) is 0 Å². The van der Waals surface area contributed by atoms with Gasteiger partial charge in [0, 0.05) is 49.8 Å². The van der Waals surface area contributed by atoms with Crippen molar-refractivity contribution in [2.24, 2.45) is 0 Å². The summed E-state index contributed by atoms with van der Waals surface area (Å²) in [5.41, 5.74) is 2.91. The number of sulfone groups is 1. The molecule has 2 heterocycles. The minimum Gasteiger partial charge on any atom is -0.489 e. The lowest BCUT2D eigenvalue weighted by Gasteiger charge is -2.29. The van der Waals surface area contributed by atoms with E-state index in [2.05, 4.69) is 15.2 Å². The molecule has 8 heteroatoms. The van der Waals surface area contributed by atoms with Crippen molar-refractivity contribution in [2.45, 2.75) is 18.4 Å². The van der Waals surface area contributed by atoms with Gasteiger partial charge >= 0.3 is 0 Å². The van der Waals surface area contributed by atoms with Crippen LogP contribution in [0.15, 0.2) is 59.6 Å². The Morgan fingerprint density at radius 3 is 2.35 bits per heavy atom. The van der Waals surface area contributed by atoms with Crippen LogP contribution < -0.4 is 15.0 Å². The lowest BCUT2D eigenvalue weighted by molar-refractivity contribution is 0.306. The van der Waals surface area contributed by atoms with Crippen molar-refractivity contribution >= 4 is 15.7 Å². The van der Waals surface area contributed by atoms with Crippen molar-refractivity contribution in [2.75, 3.05) is 37.3 Å². The molecule has 4 rings (SSSR count). The molecule has 0 aliphatic carbocycles. The summed E-state index contributed by atoms with van der Waals surface area (Å²) in [6, 6.07) is 14.4. The predicted molar refractivity (Wildman–Crippen MR) is 121 cm³/mol. The molecule has 1 fully saturated rings. The Morgan fingerprint density at radius 1 is 1.03 bits per heavy atom. The predicted octanol–water partition coefficient (Wildman–Crippen LogP) is 2.84. The second-order valence-electron chi connectivity index (χ2n) is 7.67. The first-order valence-corrected chi connectivity index (χ1v) is 12.1. The number of piperazine rings is 1. The fraction of sp³-hybridized carbons (Fsp3) is 0.304. The van der Waals surface area contributed by atoms with Gasteiger partial charge in [-0.15, -0.1) is 0 Å². The molecule has 1 aromatic heterocycles. The van der Waals surface area contributed by atoms with E-state index in [-0.39, 0.29) is 0 Å². The van der Waals surface area contributed by atoms with Crippen molar-refractivity contribution in [3.8, 4) is 17.1 Å². The molecule has 31 heavy (non-hydrogen) atoms. The summed E-state index contributed by atoms with van der Waals surface area (Å²) in [5, 5.41) is 3.36. The molecule has 0 radical (unpaired) electrons. The standard InChI is InChI=1S/C23H26N4O3S/c1-17-15-25-22(26-23(17)27-13-11-24-12-14-27)19-5-7-20(8-6-19)30-16-18-3-9-21(10-4-18)31(2,28)29/h3-10,15,24H,11-14,16H2,1-2H3. The summed E-state index contributed by atoms with van der Waals surface area (Å²) in [5.74, 6) is 2.41. The Hall–Kier alpha value is -2.97. The Balaban J connectivity index is 1.43. The van der Waals surface area contributed by atoms with Crippen molar-refractivity contribution in [3.05, 3.63) is 65.9 Å². The van der Waals surface area contributed by atoms with E-state index in [9.17, 15) is 8.42 Å². The number of benzene rings is 2. The highest BCUT2D eigenvalue weighted by molar-refractivity contribution is 7.90. The van der Waals surface area contributed by atoms with Crippen LogP contribution in [0.25, 0.3) is 11.4 Å². The van der Waals surface area contributed by atoms with Gasteiger partial charge < -0.3 is 15.0 Å². The maximum Gasteiger partial charge on any atom is 0.175 e. The van der Waals surface area contributed by atoms with Crippen LogP contribution >= 0.6 is 0 Å². The zero-order chi connectivity index (χ0) is 21.8. The molecule has 2 aromatic carbocycles. The van der Waals surface area contributed by atoms with Crippen molar-refractivity contribution < 1.29 is 13.2 Å². The maximum atomic E-state index is 11.6. The first kappa shape index (κ1) is 21.3. The highest BCUT2D eigenvalue weighted by atomic mass is 32.2. The van der Waals surface area contributed by atoms with Gasteiger partial charge in [-0.1, -0.05) is 12.1 Å². The molecule has 0 spiro atoms. The second kappa shape index (κ2) is 9.03. The van der Waals surface area contributed by atoms with Crippen LogP contribution in [0, 0.1) is 6.92 Å². The van der Waals surface area contributed by atoms with Gasteiger partial charge in [-0.3, -0.25) is 0 Å². The molecule has 0 saturated carbocycles. The van der Waals surface area contributed by atoms with E-state index in [1.807, 2.05) is 37.4 Å². The number of nitrogens with one attached hydrogen (secondary N) is 1. The van der Waals surface area contributed by atoms with Crippen molar-refractivity contribution in [1.29, 1.82) is 0 Å². The molecule has 0 atom stereocenters. The van der Waals surface area contributed by atoms with Gasteiger partial charge in [0.15, 0.2) is 15.7 Å². The summed E-state index contributed by atoms with van der Waals surface area (Å²) in [6.07, 6.45) is 3.08. The van der Waals surface area contributed by atoms with Crippen molar-refractivity contribution in [3.63, 3.8) is 0 Å². The van der Waals surface area contributed by atoms with Crippen LogP contribution in [0.2, 0.25) is 0 Å². The minimum atomic E-state index is -3.19. The number of nitrogens with zero attached hydrogens (tertiary/aromatic N) is 3. The third kappa shape index (κ3) is 5.21. The quantitative estimate of drug-likeness (QED) is 0.633. The molecule has 1 aliphatic rings. The van der Waals surface area contributed by atoms with E-state index in [4.69, 9.17) is 9.72 Å². The van der Waals surface area contributed by atoms with Crippen LogP contribution in [0.3, 0.4) is 0 Å². The van der Waals surface area contributed by atoms with Crippen LogP contribution in [0.4, 0.5) is 5.82 Å². The molecule has 1 N–H and O–H groups in total. The summed E-state index contributed by atoms with van der Waals surface area (Å²) < 4.78 is 29.0. The smallest absolute Gasteiger partial charge is 0.175 e. The van der Waals surface area contributed by atoms with Gasteiger partial charge in [0.25, 0.3) is 0 Å². The lowest BCUT2D eigenvalue weighted by atomic mass is 10.2. The number of hydrogen-bond donors (Lipinski definition) is 1. The van der Waals surface area contributed by atoms with E-state index in [0.29, 0.717) is 17.3 Å². The Bertz CT molecular complexity index is 1140. The molecular weight excluding hydrogens is 412 g/mol. The van der Waals surface area contributed by atoms with Gasteiger partial charge in [-0.2, -0.15) is 0 Å². The number of aromatic nitrogens is 2. The second-order valence-corrected chi connectivity index (χ2v) is 9.68. The summed E-state index contributed by atoms with van der Waals surface area (Å²) in [4.78, 5) is 11.9. The third-order valence-corrected chi connectivity index (χ3v) is 6.36. The first-order chi connectivity index (χ1) is 14.9. The van der Waals surface area contributed by atoms with Gasteiger partial charge in [-0.25, -0.2) is 18.4 Å². The number of anilines is 1. The Kier molecular flexibility index (Phi) is 6.20. The number of aryl methyl sites for hydroxylation is 1. The average molecular weight is 439 g/mol. The topological polar surface area (TPSA) is 84.4 Å². The van der Waals surface area contributed by atoms with Gasteiger partial charge in [0.1, 0.15) is 18.2 Å². The molecular formula is C23H26N4O3S. The molecule has 0 amide bonds. The Morgan fingerprint density at radius 2 is 1.71 bits per heavy atom. The summed E-state index contributed by atoms with van der Waals surface area (Å²) in [6.45, 7) is 6.20. The molecule has 7 nitrogen and oxygen atoms in total. The number of ether oxygens (including phenoxy) is 1. The highest BCUT2D eigenvalue weighted by Crippen LogP contribution is 2.24. The van der Waals surface area contributed by atoms with Crippen LogP contribution in [0.1, 0.15) is 11.1 Å². The van der Waals surface area contributed by atoms with E-state index in [1.54, 1.807) is 24.3 Å². The molecule has 0 bridgehead atoms. The zero-order valence-corrected chi connectivity index (χ0v) is 18.5.